The van der Waals surface area contributed by atoms with Crippen LogP contribution in [0.4, 0.5) is 10.1 Å². The Kier molecular flexibility index (Phi) is 10.7. The molecule has 2 rings (SSSR count). The molecule has 0 fully saturated rings. The van der Waals surface area contributed by atoms with E-state index in [2.05, 4.69) is 29.4 Å². The van der Waals surface area contributed by atoms with Gasteiger partial charge in [-0.2, -0.15) is 0 Å². The van der Waals surface area contributed by atoms with Crippen molar-refractivity contribution < 1.29 is 18.7 Å². The summed E-state index contributed by atoms with van der Waals surface area (Å²) in [5, 5.41) is 5.52. The zero-order valence-corrected chi connectivity index (χ0v) is 17.4. The van der Waals surface area contributed by atoms with Crippen molar-refractivity contribution >= 4 is 29.9 Å². The van der Waals surface area contributed by atoms with Gasteiger partial charge < -0.3 is 20.3 Å². The van der Waals surface area contributed by atoms with E-state index in [1.54, 1.807) is 36.4 Å². The number of nitrogens with one attached hydrogen (secondary N) is 2. The second-order valence-corrected chi connectivity index (χ2v) is 6.13. The molecule has 6 nitrogen and oxygen atoms in total. The molecule has 0 heterocycles. The van der Waals surface area contributed by atoms with Gasteiger partial charge in [-0.05, 0) is 49.5 Å². The average molecular weight is 424 g/mol. The lowest BCUT2D eigenvalue weighted by Crippen LogP contribution is -2.34. The van der Waals surface area contributed by atoms with Gasteiger partial charge >= 0.3 is 0 Å². The lowest BCUT2D eigenvalue weighted by Gasteiger charge is -2.18. The molecule has 0 atom stereocenters. The van der Waals surface area contributed by atoms with Gasteiger partial charge in [0, 0.05) is 24.3 Å². The number of amides is 2. The molecular formula is C21H27ClFN3O3. The van der Waals surface area contributed by atoms with Crippen molar-refractivity contribution in [2.75, 3.05) is 38.1 Å². The van der Waals surface area contributed by atoms with Crippen LogP contribution in [0.2, 0.25) is 0 Å². The Hall–Kier alpha value is -2.64. The molecular weight excluding hydrogens is 397 g/mol. The fraction of sp³-hybridized carbons (Fsp3) is 0.333. The Morgan fingerprint density at radius 2 is 1.69 bits per heavy atom. The van der Waals surface area contributed by atoms with Crippen LogP contribution in [0.1, 0.15) is 24.2 Å². The molecule has 0 aliphatic heterocycles. The summed E-state index contributed by atoms with van der Waals surface area (Å²) < 4.78 is 18.6. The number of hydrogen-bond acceptors (Lipinski definition) is 4. The first-order valence-corrected chi connectivity index (χ1v) is 9.31. The number of carbonyl (C=O) groups excluding carboxylic acids is 2. The topological polar surface area (TPSA) is 70.7 Å². The smallest absolute Gasteiger partial charge is 0.262 e. The Morgan fingerprint density at radius 3 is 2.31 bits per heavy atom. The van der Waals surface area contributed by atoms with Crippen LogP contribution in [0, 0.1) is 5.82 Å². The highest BCUT2D eigenvalue weighted by Crippen LogP contribution is 2.15. The molecule has 2 aromatic carbocycles. The third-order valence-corrected chi connectivity index (χ3v) is 4.23. The molecule has 2 amide bonds. The van der Waals surface area contributed by atoms with Crippen LogP contribution in [-0.2, 0) is 4.79 Å². The molecule has 29 heavy (non-hydrogen) atoms. The van der Waals surface area contributed by atoms with Gasteiger partial charge in [-0.15, -0.1) is 12.4 Å². The normalized spacial score (nSPS) is 10.2. The van der Waals surface area contributed by atoms with Crippen LogP contribution in [0.25, 0.3) is 0 Å². The highest BCUT2D eigenvalue weighted by molar-refractivity contribution is 5.96. The second kappa shape index (κ2) is 12.7. The number of anilines is 1. The number of hydrogen-bond donors (Lipinski definition) is 2. The molecule has 0 saturated heterocycles. The highest BCUT2D eigenvalue weighted by Gasteiger charge is 2.09. The minimum absolute atomic E-state index is 0. The first-order chi connectivity index (χ1) is 13.5. The number of rotatable bonds is 10. The average Bonchev–Trinajstić information content (AvgIpc) is 2.71. The van der Waals surface area contributed by atoms with Gasteiger partial charge in [0.05, 0.1) is 0 Å². The minimum Gasteiger partial charge on any atom is -0.481 e. The van der Waals surface area contributed by atoms with Gasteiger partial charge in [0.1, 0.15) is 0 Å². The summed E-state index contributed by atoms with van der Waals surface area (Å²) in [7, 11) is 0. The zero-order chi connectivity index (χ0) is 20.4. The second-order valence-electron chi connectivity index (χ2n) is 6.13. The summed E-state index contributed by atoms with van der Waals surface area (Å²) in [6, 6.07) is 12.4. The van der Waals surface area contributed by atoms with Gasteiger partial charge in [0.15, 0.2) is 18.2 Å². The van der Waals surface area contributed by atoms with Gasteiger partial charge in [0.2, 0.25) is 0 Å². The van der Waals surface area contributed by atoms with E-state index in [9.17, 15) is 14.0 Å². The highest BCUT2D eigenvalue weighted by atomic mass is 35.5. The number of nitrogens with zero attached hydrogens (tertiary/aromatic N) is 1. The quantitative estimate of drug-likeness (QED) is 0.615. The summed E-state index contributed by atoms with van der Waals surface area (Å²) in [4.78, 5) is 26.3. The van der Waals surface area contributed by atoms with Crippen LogP contribution in [0.5, 0.6) is 5.75 Å². The number of benzene rings is 2. The summed E-state index contributed by atoms with van der Waals surface area (Å²) in [5.41, 5.74) is 1.04. The summed E-state index contributed by atoms with van der Waals surface area (Å²) in [5.74, 6) is -1.08. The molecule has 0 unspecified atom stereocenters. The van der Waals surface area contributed by atoms with E-state index >= 15 is 0 Å². The standard InChI is InChI=1S/C21H26FN3O3.ClH/c1-3-25(4-2)14-13-23-21(27)16-9-11-17(12-10-16)24-20(26)15-28-19-8-6-5-7-18(19)22;/h5-12H,3-4,13-15H2,1-2H3,(H,23,27)(H,24,26);1H. The van der Waals surface area contributed by atoms with Crippen LogP contribution >= 0.6 is 12.4 Å². The molecule has 2 N–H and O–H groups in total. The van der Waals surface area contributed by atoms with E-state index in [4.69, 9.17) is 4.74 Å². The van der Waals surface area contributed by atoms with E-state index in [0.29, 0.717) is 17.8 Å². The van der Waals surface area contributed by atoms with Crippen molar-refractivity contribution in [2.24, 2.45) is 0 Å². The van der Waals surface area contributed by atoms with Crippen LogP contribution in [-0.4, -0.2) is 49.5 Å². The number of ether oxygens (including phenoxy) is 1. The molecule has 0 aliphatic rings. The lowest BCUT2D eigenvalue weighted by molar-refractivity contribution is -0.118. The maximum absolute atomic E-state index is 13.5. The monoisotopic (exact) mass is 423 g/mol. The van der Waals surface area contributed by atoms with E-state index < -0.39 is 11.7 Å². The maximum Gasteiger partial charge on any atom is 0.262 e. The minimum atomic E-state index is -0.522. The van der Waals surface area contributed by atoms with Crippen molar-refractivity contribution in [3.63, 3.8) is 0 Å². The van der Waals surface area contributed by atoms with Crippen LogP contribution in [0.15, 0.2) is 48.5 Å². The third kappa shape index (κ3) is 8.09. The largest absolute Gasteiger partial charge is 0.481 e. The predicted octanol–water partition coefficient (Wildman–Crippen LogP) is 3.34. The summed E-state index contributed by atoms with van der Waals surface area (Å²) in [6.07, 6.45) is 0. The van der Waals surface area contributed by atoms with Crippen molar-refractivity contribution in [2.45, 2.75) is 13.8 Å². The van der Waals surface area contributed by atoms with Crippen molar-refractivity contribution in [1.82, 2.24) is 10.2 Å². The number of likely N-dealkylation sites (N-methyl/N-ethyl adjacent to an activating group) is 1. The molecule has 0 radical (unpaired) electrons. The Morgan fingerprint density at radius 1 is 1.03 bits per heavy atom. The lowest BCUT2D eigenvalue weighted by atomic mass is 10.2. The van der Waals surface area contributed by atoms with E-state index in [0.717, 1.165) is 19.6 Å². The van der Waals surface area contributed by atoms with Crippen LogP contribution in [0.3, 0.4) is 0 Å². The molecule has 0 aromatic heterocycles. The van der Waals surface area contributed by atoms with Crippen LogP contribution < -0.4 is 15.4 Å². The molecule has 2 aromatic rings. The SMILES string of the molecule is CCN(CC)CCNC(=O)c1ccc(NC(=O)COc2ccccc2F)cc1.Cl. The first kappa shape index (κ1) is 24.4. The molecule has 0 spiro atoms. The predicted molar refractivity (Wildman–Crippen MR) is 114 cm³/mol. The summed E-state index contributed by atoms with van der Waals surface area (Å²) >= 11 is 0. The molecule has 0 bridgehead atoms. The number of carbonyl (C=O) groups is 2. The number of halogens is 2. The number of para-hydroxylation sites is 1. The third-order valence-electron chi connectivity index (χ3n) is 4.23. The van der Waals surface area contributed by atoms with Crippen molar-refractivity contribution in [1.29, 1.82) is 0 Å². The van der Waals surface area contributed by atoms with Crippen molar-refractivity contribution in [3.05, 3.63) is 59.9 Å². The van der Waals surface area contributed by atoms with Crippen molar-refractivity contribution in [3.8, 4) is 5.75 Å². The fourth-order valence-electron chi connectivity index (χ4n) is 2.58. The van der Waals surface area contributed by atoms with E-state index in [-0.39, 0.29) is 30.7 Å². The van der Waals surface area contributed by atoms with Gasteiger partial charge in [-0.25, -0.2) is 4.39 Å². The first-order valence-electron chi connectivity index (χ1n) is 9.31. The fourth-order valence-corrected chi connectivity index (χ4v) is 2.58. The van der Waals surface area contributed by atoms with E-state index in [1.165, 1.54) is 12.1 Å². The Labute approximate surface area is 176 Å². The summed E-state index contributed by atoms with van der Waals surface area (Å²) in [6.45, 7) is 7.12. The Bertz CT molecular complexity index is 783. The molecule has 0 saturated carbocycles. The van der Waals surface area contributed by atoms with E-state index in [1.807, 2.05) is 0 Å². The van der Waals surface area contributed by atoms with Gasteiger partial charge in [-0.3, -0.25) is 9.59 Å². The van der Waals surface area contributed by atoms with Gasteiger partial charge in [0.25, 0.3) is 11.8 Å². The molecule has 158 valence electrons. The van der Waals surface area contributed by atoms with Gasteiger partial charge in [-0.1, -0.05) is 26.0 Å². The molecule has 8 heteroatoms. The maximum atomic E-state index is 13.5. The zero-order valence-electron chi connectivity index (χ0n) is 16.6. The molecule has 0 aliphatic carbocycles. The Balaban J connectivity index is 0.00000420.